The summed E-state index contributed by atoms with van der Waals surface area (Å²) in [5.41, 5.74) is 0. The van der Waals surface area contributed by atoms with Gasteiger partial charge in [0.2, 0.25) is 0 Å². The summed E-state index contributed by atoms with van der Waals surface area (Å²) in [5.74, 6) is 0.608. The summed E-state index contributed by atoms with van der Waals surface area (Å²) in [6, 6.07) is 0. The highest BCUT2D eigenvalue weighted by molar-refractivity contribution is 8.00. The molecule has 0 saturated carbocycles. The summed E-state index contributed by atoms with van der Waals surface area (Å²) >= 11 is 1.00. The standard InChI is InChI=1S/C6H10F3NS/c7-6(8,9)5-4-10-2-1-3-11-5/h5,10H,1-4H2. The molecule has 1 N–H and O–H groups in total. The third kappa shape index (κ3) is 2.91. The van der Waals surface area contributed by atoms with Gasteiger partial charge in [-0.25, -0.2) is 0 Å². The Balaban J connectivity index is 2.43. The molecule has 0 aliphatic carbocycles. The Hall–Kier alpha value is 0.100. The van der Waals surface area contributed by atoms with Gasteiger partial charge in [0.05, 0.1) is 0 Å². The zero-order chi connectivity index (χ0) is 8.32. The maximum absolute atomic E-state index is 12.1. The summed E-state index contributed by atoms with van der Waals surface area (Å²) in [4.78, 5) is 0. The Labute approximate surface area is 67.7 Å². The van der Waals surface area contributed by atoms with Crippen LogP contribution >= 0.6 is 11.8 Å². The van der Waals surface area contributed by atoms with Gasteiger partial charge in [0, 0.05) is 6.54 Å². The Morgan fingerprint density at radius 3 is 2.73 bits per heavy atom. The van der Waals surface area contributed by atoms with Crippen LogP contribution in [0.4, 0.5) is 13.2 Å². The first-order valence-corrected chi connectivity index (χ1v) is 4.54. The van der Waals surface area contributed by atoms with E-state index in [0.717, 1.165) is 18.2 Å². The van der Waals surface area contributed by atoms with Crippen LogP contribution in [0, 0.1) is 0 Å². The van der Waals surface area contributed by atoms with Crippen LogP contribution in [-0.4, -0.2) is 30.3 Å². The van der Waals surface area contributed by atoms with Crippen LogP contribution in [0.3, 0.4) is 0 Å². The van der Waals surface area contributed by atoms with Crippen LogP contribution in [0.1, 0.15) is 6.42 Å². The van der Waals surface area contributed by atoms with Crippen molar-refractivity contribution in [3.05, 3.63) is 0 Å². The molecule has 1 rings (SSSR count). The van der Waals surface area contributed by atoms with Crippen molar-refractivity contribution in [1.29, 1.82) is 0 Å². The van der Waals surface area contributed by atoms with E-state index in [9.17, 15) is 13.2 Å². The van der Waals surface area contributed by atoms with Crippen molar-refractivity contribution < 1.29 is 13.2 Å². The molecule has 1 unspecified atom stereocenters. The minimum absolute atomic E-state index is 0.0637. The summed E-state index contributed by atoms with van der Waals surface area (Å²) in [6.07, 6.45) is -3.21. The molecule has 5 heteroatoms. The first-order chi connectivity index (χ1) is 5.11. The van der Waals surface area contributed by atoms with E-state index in [-0.39, 0.29) is 6.54 Å². The molecule has 11 heavy (non-hydrogen) atoms. The van der Waals surface area contributed by atoms with Crippen molar-refractivity contribution in [2.75, 3.05) is 18.8 Å². The molecule has 1 aliphatic rings. The quantitative estimate of drug-likeness (QED) is 0.615. The molecule has 0 spiro atoms. The molecule has 1 fully saturated rings. The summed E-state index contributed by atoms with van der Waals surface area (Å²) in [6.45, 7) is 0.772. The van der Waals surface area contributed by atoms with Gasteiger partial charge >= 0.3 is 6.18 Å². The number of halogens is 3. The van der Waals surface area contributed by atoms with Gasteiger partial charge in [0.15, 0.2) is 0 Å². The van der Waals surface area contributed by atoms with Crippen LogP contribution in [-0.2, 0) is 0 Å². The van der Waals surface area contributed by atoms with Gasteiger partial charge in [-0.15, -0.1) is 11.8 Å². The number of thioether (sulfide) groups is 1. The molecule has 1 aliphatic heterocycles. The van der Waals surface area contributed by atoms with E-state index in [1.54, 1.807) is 0 Å². The largest absolute Gasteiger partial charge is 0.401 e. The third-order valence-electron chi connectivity index (χ3n) is 1.51. The molecular formula is C6H10F3NS. The van der Waals surface area contributed by atoms with Gasteiger partial charge in [0.25, 0.3) is 0 Å². The molecular weight excluding hydrogens is 175 g/mol. The molecule has 0 amide bonds. The Morgan fingerprint density at radius 1 is 1.36 bits per heavy atom. The van der Waals surface area contributed by atoms with Crippen molar-refractivity contribution in [2.45, 2.75) is 17.8 Å². The highest BCUT2D eigenvalue weighted by atomic mass is 32.2. The lowest BCUT2D eigenvalue weighted by Gasteiger charge is -2.16. The molecule has 0 bridgehead atoms. The fourth-order valence-electron chi connectivity index (χ4n) is 0.925. The predicted octanol–water partition coefficient (Wildman–Crippen LogP) is 1.64. The predicted molar refractivity (Wildman–Crippen MR) is 39.8 cm³/mol. The summed E-state index contributed by atoms with van der Waals surface area (Å²) in [7, 11) is 0. The SMILES string of the molecule is FC(F)(F)C1CNCCCS1. The Morgan fingerprint density at radius 2 is 2.09 bits per heavy atom. The van der Waals surface area contributed by atoms with Crippen LogP contribution in [0.2, 0.25) is 0 Å². The Kier molecular flexibility index (Phi) is 3.06. The average molecular weight is 185 g/mol. The highest BCUT2D eigenvalue weighted by Crippen LogP contribution is 2.31. The van der Waals surface area contributed by atoms with E-state index in [0.29, 0.717) is 12.3 Å². The van der Waals surface area contributed by atoms with Crippen molar-refractivity contribution >= 4 is 11.8 Å². The molecule has 0 radical (unpaired) electrons. The van der Waals surface area contributed by atoms with Gasteiger partial charge in [-0.2, -0.15) is 13.2 Å². The minimum atomic E-state index is -4.04. The average Bonchev–Trinajstić information content (AvgIpc) is 2.10. The maximum Gasteiger partial charge on any atom is 0.401 e. The van der Waals surface area contributed by atoms with Crippen molar-refractivity contribution in [2.24, 2.45) is 0 Å². The number of alkyl halides is 3. The number of hydrogen-bond donors (Lipinski definition) is 1. The number of rotatable bonds is 0. The topological polar surface area (TPSA) is 12.0 Å². The molecule has 66 valence electrons. The van der Waals surface area contributed by atoms with Gasteiger partial charge in [-0.1, -0.05) is 0 Å². The molecule has 1 saturated heterocycles. The zero-order valence-electron chi connectivity index (χ0n) is 5.95. The van der Waals surface area contributed by atoms with E-state index in [1.165, 1.54) is 0 Å². The first kappa shape index (κ1) is 9.19. The highest BCUT2D eigenvalue weighted by Gasteiger charge is 2.39. The first-order valence-electron chi connectivity index (χ1n) is 3.50. The van der Waals surface area contributed by atoms with Crippen molar-refractivity contribution in [3.8, 4) is 0 Å². The van der Waals surface area contributed by atoms with Crippen molar-refractivity contribution in [1.82, 2.24) is 5.32 Å². The Bertz CT molecular complexity index is 117. The van der Waals surface area contributed by atoms with Gasteiger partial charge in [-0.05, 0) is 18.7 Å². The van der Waals surface area contributed by atoms with E-state index < -0.39 is 11.4 Å². The monoisotopic (exact) mass is 185 g/mol. The van der Waals surface area contributed by atoms with Crippen molar-refractivity contribution in [3.63, 3.8) is 0 Å². The lowest BCUT2D eigenvalue weighted by Crippen LogP contribution is -2.34. The van der Waals surface area contributed by atoms with Crippen LogP contribution in [0.5, 0.6) is 0 Å². The van der Waals surface area contributed by atoms with Crippen LogP contribution < -0.4 is 5.32 Å². The van der Waals surface area contributed by atoms with Gasteiger partial charge in [-0.3, -0.25) is 0 Å². The molecule has 1 atom stereocenters. The summed E-state index contributed by atoms with van der Waals surface area (Å²) < 4.78 is 36.2. The number of hydrogen-bond acceptors (Lipinski definition) is 2. The van der Waals surface area contributed by atoms with Crippen LogP contribution in [0.25, 0.3) is 0 Å². The molecule has 1 nitrogen and oxygen atoms in total. The van der Waals surface area contributed by atoms with Gasteiger partial charge < -0.3 is 5.32 Å². The van der Waals surface area contributed by atoms with E-state index in [2.05, 4.69) is 5.32 Å². The lowest BCUT2D eigenvalue weighted by molar-refractivity contribution is -0.127. The fraction of sp³-hybridized carbons (Fsp3) is 1.00. The normalized spacial score (nSPS) is 28.1. The molecule has 0 aromatic heterocycles. The molecule has 0 aromatic rings. The lowest BCUT2D eigenvalue weighted by atomic mass is 10.4. The van der Waals surface area contributed by atoms with Crippen LogP contribution in [0.15, 0.2) is 0 Å². The number of nitrogens with one attached hydrogen (secondary N) is 1. The smallest absolute Gasteiger partial charge is 0.315 e. The fourth-order valence-corrected chi connectivity index (χ4v) is 1.95. The zero-order valence-corrected chi connectivity index (χ0v) is 6.76. The summed E-state index contributed by atoms with van der Waals surface area (Å²) in [5, 5.41) is 1.56. The van der Waals surface area contributed by atoms with E-state index >= 15 is 0 Å². The maximum atomic E-state index is 12.1. The van der Waals surface area contributed by atoms with Gasteiger partial charge in [0.1, 0.15) is 5.25 Å². The second-order valence-corrected chi connectivity index (χ2v) is 3.77. The third-order valence-corrected chi connectivity index (χ3v) is 2.87. The minimum Gasteiger partial charge on any atom is -0.315 e. The van der Waals surface area contributed by atoms with E-state index in [1.807, 2.05) is 0 Å². The second kappa shape index (κ2) is 3.67. The molecule has 0 aromatic carbocycles. The molecule has 1 heterocycles. The van der Waals surface area contributed by atoms with E-state index in [4.69, 9.17) is 0 Å². The second-order valence-electron chi connectivity index (χ2n) is 2.46.